The second-order valence-corrected chi connectivity index (χ2v) is 5.52. The van der Waals surface area contributed by atoms with Gasteiger partial charge in [-0.05, 0) is 20.3 Å². The predicted molar refractivity (Wildman–Crippen MR) is 60.6 cm³/mol. The third-order valence-electron chi connectivity index (χ3n) is 2.29. The lowest BCUT2D eigenvalue weighted by Crippen LogP contribution is -2.32. The van der Waals surface area contributed by atoms with Gasteiger partial charge in [-0.25, -0.2) is 8.42 Å². The summed E-state index contributed by atoms with van der Waals surface area (Å²) in [5.41, 5.74) is 0.321. The zero-order valence-electron chi connectivity index (χ0n) is 10.1. The first-order valence-corrected chi connectivity index (χ1v) is 6.69. The van der Waals surface area contributed by atoms with E-state index < -0.39 is 10.0 Å². The molecule has 0 atom stereocenters. The lowest BCUT2D eigenvalue weighted by molar-refractivity contribution is 0.389. The average molecular weight is 257 g/mol. The number of nitriles is 1. The van der Waals surface area contributed by atoms with Crippen molar-refractivity contribution in [2.24, 2.45) is 0 Å². The summed E-state index contributed by atoms with van der Waals surface area (Å²) in [7, 11) is -3.69. The number of aromatic nitrogens is 1. The number of hydrogen-bond donors (Lipinski definition) is 0. The highest BCUT2D eigenvalue weighted by molar-refractivity contribution is 7.89. The second kappa shape index (κ2) is 5.29. The van der Waals surface area contributed by atoms with E-state index in [4.69, 9.17) is 9.78 Å². The van der Waals surface area contributed by atoms with E-state index in [1.165, 1.54) is 0 Å². The molecule has 1 aromatic rings. The van der Waals surface area contributed by atoms with Gasteiger partial charge in [-0.15, -0.1) is 0 Å². The molecular weight excluding hydrogens is 242 g/mol. The maximum absolute atomic E-state index is 12.3. The molecule has 0 amide bonds. The Bertz CT molecular complexity index is 508. The molecule has 0 unspecified atom stereocenters. The van der Waals surface area contributed by atoms with Crippen LogP contribution < -0.4 is 0 Å². The van der Waals surface area contributed by atoms with Crippen molar-refractivity contribution < 1.29 is 12.9 Å². The summed E-state index contributed by atoms with van der Waals surface area (Å²) < 4.78 is 30.6. The molecule has 0 aliphatic heterocycles. The normalized spacial score (nSPS) is 11.7. The van der Waals surface area contributed by atoms with E-state index >= 15 is 0 Å². The number of sulfonamides is 1. The highest BCUT2D eigenvalue weighted by Crippen LogP contribution is 2.23. The Labute approximate surface area is 101 Å². The number of rotatable bonds is 5. The molecule has 0 aliphatic carbocycles. The van der Waals surface area contributed by atoms with Crippen molar-refractivity contribution in [3.63, 3.8) is 0 Å². The summed E-state index contributed by atoms with van der Waals surface area (Å²) in [6.45, 7) is 5.11. The molecule has 0 radical (unpaired) electrons. The molecule has 0 saturated carbocycles. The minimum absolute atomic E-state index is 0.0706. The van der Waals surface area contributed by atoms with Crippen LogP contribution >= 0.6 is 0 Å². The van der Waals surface area contributed by atoms with Crippen molar-refractivity contribution in [2.75, 3.05) is 13.1 Å². The molecule has 1 rings (SSSR count). The zero-order chi connectivity index (χ0) is 13.1. The first-order valence-electron chi connectivity index (χ1n) is 5.25. The van der Waals surface area contributed by atoms with Gasteiger partial charge in [0.1, 0.15) is 17.1 Å². The topological polar surface area (TPSA) is 87.2 Å². The zero-order valence-corrected chi connectivity index (χ0v) is 10.9. The molecule has 0 aliphatic rings. The van der Waals surface area contributed by atoms with Crippen LogP contribution in [0.4, 0.5) is 0 Å². The van der Waals surface area contributed by atoms with Crippen LogP contribution in [0.5, 0.6) is 0 Å². The van der Waals surface area contributed by atoms with Crippen LogP contribution in [-0.2, 0) is 10.0 Å². The van der Waals surface area contributed by atoms with Crippen LogP contribution in [0.2, 0.25) is 0 Å². The van der Waals surface area contributed by atoms with Gasteiger partial charge in [0.25, 0.3) is 0 Å². The highest BCUT2D eigenvalue weighted by Gasteiger charge is 2.30. The maximum Gasteiger partial charge on any atom is 0.249 e. The summed E-state index contributed by atoms with van der Waals surface area (Å²) in [6, 6.07) is 1.86. The first-order chi connectivity index (χ1) is 7.95. The fourth-order valence-electron chi connectivity index (χ4n) is 1.58. The monoisotopic (exact) mass is 257 g/mol. The molecule has 0 bridgehead atoms. The maximum atomic E-state index is 12.3. The minimum atomic E-state index is -3.69. The van der Waals surface area contributed by atoms with E-state index in [9.17, 15) is 8.42 Å². The Morgan fingerprint density at radius 2 is 2.12 bits per heavy atom. The van der Waals surface area contributed by atoms with Crippen molar-refractivity contribution in [1.82, 2.24) is 9.46 Å². The summed E-state index contributed by atoms with van der Waals surface area (Å²) >= 11 is 0. The van der Waals surface area contributed by atoms with Gasteiger partial charge < -0.3 is 4.52 Å². The molecule has 94 valence electrons. The average Bonchev–Trinajstić information content (AvgIpc) is 2.58. The number of hydrogen-bond acceptors (Lipinski definition) is 5. The molecule has 0 saturated heterocycles. The predicted octanol–water partition coefficient (Wildman–Crippen LogP) is 1.22. The third-order valence-corrected chi connectivity index (χ3v) is 4.38. The van der Waals surface area contributed by atoms with Crippen LogP contribution in [0.3, 0.4) is 0 Å². The molecule has 0 fully saturated rings. The molecule has 0 spiro atoms. The first kappa shape index (κ1) is 13.7. The van der Waals surface area contributed by atoms with Gasteiger partial charge in [0, 0.05) is 6.54 Å². The van der Waals surface area contributed by atoms with E-state index in [2.05, 4.69) is 5.16 Å². The largest absolute Gasteiger partial charge is 0.360 e. The van der Waals surface area contributed by atoms with Crippen LogP contribution in [-0.4, -0.2) is 31.0 Å². The molecule has 0 aromatic carbocycles. The van der Waals surface area contributed by atoms with Gasteiger partial charge in [-0.2, -0.15) is 9.57 Å². The number of aryl methyl sites for hydroxylation is 2. The van der Waals surface area contributed by atoms with Crippen LogP contribution in [0.15, 0.2) is 9.42 Å². The molecule has 6 nitrogen and oxygen atoms in total. The van der Waals surface area contributed by atoms with E-state index in [0.717, 1.165) is 4.31 Å². The second-order valence-electron chi connectivity index (χ2n) is 3.65. The van der Waals surface area contributed by atoms with E-state index in [1.807, 2.05) is 13.0 Å². The van der Waals surface area contributed by atoms with Crippen LogP contribution in [0.25, 0.3) is 0 Å². The van der Waals surface area contributed by atoms with Gasteiger partial charge in [-0.3, -0.25) is 0 Å². The smallest absolute Gasteiger partial charge is 0.249 e. The van der Waals surface area contributed by atoms with Crippen molar-refractivity contribution in [3.05, 3.63) is 11.5 Å². The van der Waals surface area contributed by atoms with E-state index in [1.54, 1.807) is 13.8 Å². The summed E-state index contributed by atoms with van der Waals surface area (Å²) in [6.07, 6.45) is 0.643. The lowest BCUT2D eigenvalue weighted by Gasteiger charge is -2.17. The Morgan fingerprint density at radius 3 is 2.53 bits per heavy atom. The van der Waals surface area contributed by atoms with Crippen molar-refractivity contribution >= 4 is 10.0 Å². The van der Waals surface area contributed by atoms with E-state index in [-0.39, 0.29) is 17.2 Å². The molecular formula is C10H15N3O3S. The quantitative estimate of drug-likeness (QED) is 0.740. The lowest BCUT2D eigenvalue weighted by atomic mass is 10.4. The standard InChI is InChI=1S/C10H15N3O3S/c1-4-6-13(7-5-11)17(14,15)10-8(2)12-16-9(10)3/h4,6-7H2,1-3H3. The number of nitrogens with zero attached hydrogens (tertiary/aromatic N) is 3. The molecule has 0 N–H and O–H groups in total. The Morgan fingerprint density at radius 1 is 1.47 bits per heavy atom. The third kappa shape index (κ3) is 2.65. The Kier molecular flexibility index (Phi) is 4.26. The minimum Gasteiger partial charge on any atom is -0.360 e. The molecule has 7 heteroatoms. The highest BCUT2D eigenvalue weighted by atomic mass is 32.2. The van der Waals surface area contributed by atoms with Gasteiger partial charge in [-0.1, -0.05) is 12.1 Å². The van der Waals surface area contributed by atoms with Crippen LogP contribution in [0.1, 0.15) is 24.8 Å². The molecule has 1 aromatic heterocycles. The Balaban J connectivity index is 3.22. The fraction of sp³-hybridized carbons (Fsp3) is 0.600. The van der Waals surface area contributed by atoms with Gasteiger partial charge in [0.15, 0.2) is 5.76 Å². The molecule has 17 heavy (non-hydrogen) atoms. The van der Waals surface area contributed by atoms with Gasteiger partial charge in [0.2, 0.25) is 10.0 Å². The van der Waals surface area contributed by atoms with Crippen LogP contribution in [0, 0.1) is 25.2 Å². The molecule has 1 heterocycles. The summed E-state index contributed by atoms with van der Waals surface area (Å²) in [4.78, 5) is 0.0706. The van der Waals surface area contributed by atoms with Gasteiger partial charge in [0.05, 0.1) is 6.07 Å². The van der Waals surface area contributed by atoms with E-state index in [0.29, 0.717) is 18.7 Å². The van der Waals surface area contributed by atoms with Gasteiger partial charge >= 0.3 is 0 Å². The van der Waals surface area contributed by atoms with Crippen molar-refractivity contribution in [3.8, 4) is 6.07 Å². The summed E-state index contributed by atoms with van der Waals surface area (Å²) in [5, 5.41) is 12.3. The fourth-order valence-corrected chi connectivity index (χ4v) is 3.30. The summed E-state index contributed by atoms with van der Waals surface area (Å²) in [5.74, 6) is 0.251. The Hall–Kier alpha value is -1.39. The van der Waals surface area contributed by atoms with Crippen molar-refractivity contribution in [2.45, 2.75) is 32.1 Å². The van der Waals surface area contributed by atoms with Crippen molar-refractivity contribution in [1.29, 1.82) is 5.26 Å². The SMILES string of the molecule is CCCN(CC#N)S(=O)(=O)c1c(C)noc1C.